The van der Waals surface area contributed by atoms with E-state index in [0.29, 0.717) is 29.4 Å². The average Bonchev–Trinajstić information content (AvgIpc) is 3.35. The van der Waals surface area contributed by atoms with Gasteiger partial charge in [-0.15, -0.1) is 13.2 Å². The third kappa shape index (κ3) is 16.5. The summed E-state index contributed by atoms with van der Waals surface area (Å²) in [5.74, 6) is 2.06. The SMILES string of the molecule is CC1CCC(C2CCC(Cc3cc(F)c(F)c(F)c3)CC2)CC1.CC1CCC(C2CCC(c3cc(F)c(OC(F)F)c(F)c3)CC2)CC1.CC1CCC(C2CCC(c3ccc(OC(F)(F)F)cc3)CC2)CC1. The molecule has 0 heterocycles. The molecule has 0 radical (unpaired) electrons. The molecule has 9 rings (SSSR count). The first-order valence-electron chi connectivity index (χ1n) is 27.8. The van der Waals surface area contributed by atoms with Gasteiger partial charge in [-0.25, -0.2) is 22.0 Å². The second-order valence-corrected chi connectivity index (χ2v) is 23.5. The van der Waals surface area contributed by atoms with Gasteiger partial charge in [0.05, 0.1) is 0 Å². The third-order valence-corrected chi connectivity index (χ3v) is 18.5. The van der Waals surface area contributed by atoms with E-state index in [4.69, 9.17) is 0 Å². The second-order valence-electron chi connectivity index (χ2n) is 23.5. The average molecular weight is 1020 g/mol. The van der Waals surface area contributed by atoms with Gasteiger partial charge in [0.25, 0.3) is 0 Å². The van der Waals surface area contributed by atoms with Gasteiger partial charge in [-0.2, -0.15) is 8.78 Å². The predicted molar refractivity (Wildman–Crippen MR) is 264 cm³/mol. The Labute approximate surface area is 423 Å². The van der Waals surface area contributed by atoms with Crippen LogP contribution in [0.1, 0.15) is 203 Å². The van der Waals surface area contributed by atoms with E-state index < -0.39 is 47.8 Å². The highest BCUT2D eigenvalue weighted by Crippen LogP contribution is 2.47. The molecule has 72 heavy (non-hydrogen) atoms. The van der Waals surface area contributed by atoms with Gasteiger partial charge in [-0.3, -0.25) is 0 Å². The van der Waals surface area contributed by atoms with Gasteiger partial charge in [0.1, 0.15) is 5.75 Å². The van der Waals surface area contributed by atoms with E-state index in [9.17, 15) is 43.9 Å². The maximum Gasteiger partial charge on any atom is 0.573 e. The van der Waals surface area contributed by atoms with Gasteiger partial charge in [-0.05, 0) is 246 Å². The molecule has 0 bridgehead atoms. The number of hydrogen-bond acceptors (Lipinski definition) is 2. The maximum absolute atomic E-state index is 13.9. The van der Waals surface area contributed by atoms with Gasteiger partial charge < -0.3 is 9.47 Å². The molecular formula is C60H80F10O2. The van der Waals surface area contributed by atoms with Crippen molar-refractivity contribution in [1.82, 2.24) is 0 Å². The fourth-order valence-electron chi connectivity index (χ4n) is 14.0. The van der Waals surface area contributed by atoms with Crippen LogP contribution < -0.4 is 9.47 Å². The molecule has 6 fully saturated rings. The summed E-state index contributed by atoms with van der Waals surface area (Å²) in [4.78, 5) is 0. The predicted octanol–water partition coefficient (Wildman–Crippen LogP) is 19.6. The molecule has 0 aromatic heterocycles. The summed E-state index contributed by atoms with van der Waals surface area (Å²) in [7, 11) is 0. The molecule has 6 saturated carbocycles. The second kappa shape index (κ2) is 26.4. The third-order valence-electron chi connectivity index (χ3n) is 18.5. The molecule has 6 aliphatic carbocycles. The fraction of sp³-hybridized carbons (Fsp3) is 0.700. The van der Waals surface area contributed by atoms with Crippen molar-refractivity contribution in [2.75, 3.05) is 0 Å². The first-order valence-corrected chi connectivity index (χ1v) is 27.8. The van der Waals surface area contributed by atoms with Crippen molar-refractivity contribution in [3.8, 4) is 11.5 Å². The molecule has 12 heteroatoms. The van der Waals surface area contributed by atoms with Crippen LogP contribution in [0.2, 0.25) is 0 Å². The van der Waals surface area contributed by atoms with E-state index in [1.807, 2.05) is 0 Å². The quantitative estimate of drug-likeness (QED) is 0.149. The number of rotatable bonds is 10. The first kappa shape index (κ1) is 56.3. The molecule has 0 unspecified atom stereocenters. The molecule has 402 valence electrons. The van der Waals surface area contributed by atoms with Gasteiger partial charge in [0.15, 0.2) is 34.8 Å². The lowest BCUT2D eigenvalue weighted by molar-refractivity contribution is -0.274. The standard InChI is InChI=1S/C20H26F4O.C20H27F3O.C20H27F3/c1-12-2-4-13(5-3-12)14-6-8-15(9-7-14)16-10-17(21)19(18(22)11-16)25-20(23)24;1-14-2-4-15(5-3-14)16-6-8-17(9-7-16)18-10-12-19(13-11-18)24-20(21,22)23;1-13-2-6-16(7-3-13)17-8-4-14(5-9-17)10-15-11-18(21)20(23)19(22)12-15/h10-15,20H,2-9H2,1H3;10-17H,2-9H2,1H3;11-14,16-17H,2-10H2,1H3. The Morgan fingerprint density at radius 3 is 1.15 bits per heavy atom. The number of benzene rings is 3. The van der Waals surface area contributed by atoms with Crippen molar-refractivity contribution < 1.29 is 53.4 Å². The monoisotopic (exact) mass is 1020 g/mol. The smallest absolute Gasteiger partial charge is 0.429 e. The summed E-state index contributed by atoms with van der Waals surface area (Å²) in [6.45, 7) is 3.80. The van der Waals surface area contributed by atoms with E-state index >= 15 is 0 Å². The Kier molecular flexibility index (Phi) is 20.6. The van der Waals surface area contributed by atoms with Crippen molar-refractivity contribution in [3.63, 3.8) is 0 Å². The van der Waals surface area contributed by atoms with Crippen LogP contribution in [0.5, 0.6) is 11.5 Å². The van der Waals surface area contributed by atoms with Crippen LogP contribution in [0.15, 0.2) is 48.5 Å². The van der Waals surface area contributed by atoms with Crippen LogP contribution in [0, 0.1) is 88.3 Å². The van der Waals surface area contributed by atoms with Crippen molar-refractivity contribution in [3.05, 3.63) is 94.3 Å². The Balaban J connectivity index is 0.000000159. The minimum atomic E-state index is -4.61. The van der Waals surface area contributed by atoms with Crippen LogP contribution in [0.3, 0.4) is 0 Å². The molecule has 3 aromatic rings. The molecule has 0 atom stereocenters. The Morgan fingerprint density at radius 1 is 0.444 bits per heavy atom. The Morgan fingerprint density at radius 2 is 0.792 bits per heavy atom. The van der Waals surface area contributed by atoms with E-state index in [0.717, 1.165) is 134 Å². The molecular weight excluding hydrogens is 943 g/mol. The largest absolute Gasteiger partial charge is 0.573 e. The summed E-state index contributed by atoms with van der Waals surface area (Å²) in [5, 5.41) is 0. The topological polar surface area (TPSA) is 18.5 Å². The van der Waals surface area contributed by atoms with Crippen molar-refractivity contribution in [1.29, 1.82) is 0 Å². The van der Waals surface area contributed by atoms with Crippen molar-refractivity contribution in [2.24, 2.45) is 59.2 Å². The lowest BCUT2D eigenvalue weighted by Crippen LogP contribution is -2.25. The number of ether oxygens (including phenoxy) is 2. The van der Waals surface area contributed by atoms with E-state index in [2.05, 4.69) is 30.2 Å². The zero-order valence-electron chi connectivity index (χ0n) is 42.9. The van der Waals surface area contributed by atoms with Crippen LogP contribution in [0.4, 0.5) is 43.9 Å². The fourth-order valence-corrected chi connectivity index (χ4v) is 14.0. The Hall–Kier alpha value is -3.44. The molecule has 0 spiro atoms. The maximum atomic E-state index is 13.9. The summed E-state index contributed by atoms with van der Waals surface area (Å²) in [6, 6.07) is 11.1. The van der Waals surface area contributed by atoms with Crippen molar-refractivity contribution in [2.45, 2.75) is 206 Å². The first-order chi connectivity index (χ1) is 34.4. The molecule has 0 amide bonds. The number of alkyl halides is 5. The molecule has 3 aromatic carbocycles. The van der Waals surface area contributed by atoms with Gasteiger partial charge in [-0.1, -0.05) is 71.4 Å². The van der Waals surface area contributed by atoms with Gasteiger partial charge in [0.2, 0.25) is 0 Å². The number of hydrogen-bond donors (Lipinski definition) is 0. The van der Waals surface area contributed by atoms with Crippen LogP contribution in [-0.2, 0) is 6.42 Å². The zero-order valence-corrected chi connectivity index (χ0v) is 42.9. The molecule has 0 N–H and O–H groups in total. The highest BCUT2D eigenvalue weighted by Gasteiger charge is 2.35. The summed E-state index contributed by atoms with van der Waals surface area (Å²) in [5.41, 5.74) is 2.31. The van der Waals surface area contributed by atoms with E-state index in [-0.39, 0.29) is 11.7 Å². The highest BCUT2D eigenvalue weighted by molar-refractivity contribution is 5.34. The molecule has 6 aliphatic rings. The lowest BCUT2D eigenvalue weighted by atomic mass is 9.68. The summed E-state index contributed by atoms with van der Waals surface area (Å²) < 4.78 is 137. The van der Waals surface area contributed by atoms with Gasteiger partial charge in [0, 0.05) is 0 Å². The van der Waals surface area contributed by atoms with Crippen molar-refractivity contribution >= 4 is 0 Å². The minimum Gasteiger partial charge on any atom is -0.429 e. The highest BCUT2D eigenvalue weighted by atomic mass is 19.4. The van der Waals surface area contributed by atoms with Crippen LogP contribution in [0.25, 0.3) is 0 Å². The normalized spacial score (nSPS) is 31.4. The van der Waals surface area contributed by atoms with Gasteiger partial charge >= 0.3 is 13.0 Å². The molecule has 0 saturated heterocycles. The summed E-state index contributed by atoms with van der Waals surface area (Å²) >= 11 is 0. The molecule has 2 nitrogen and oxygen atoms in total. The van der Waals surface area contributed by atoms with E-state index in [1.165, 1.54) is 115 Å². The summed E-state index contributed by atoms with van der Waals surface area (Å²) in [6.07, 6.45) is 25.9. The minimum absolute atomic E-state index is 0.100. The van der Waals surface area contributed by atoms with Crippen LogP contribution >= 0.6 is 0 Å². The lowest BCUT2D eigenvalue weighted by Gasteiger charge is -2.37. The number of halogens is 10. The zero-order chi connectivity index (χ0) is 51.5. The Bertz CT molecular complexity index is 2030. The van der Waals surface area contributed by atoms with Crippen LogP contribution in [-0.4, -0.2) is 13.0 Å². The molecule has 0 aliphatic heterocycles. The van der Waals surface area contributed by atoms with E-state index in [1.54, 1.807) is 12.1 Å².